The second-order valence-electron chi connectivity index (χ2n) is 3.25. The van der Waals surface area contributed by atoms with Crippen molar-refractivity contribution in [2.45, 2.75) is 13.5 Å². The minimum Gasteiger partial charge on any atom is -0.379 e. The van der Waals surface area contributed by atoms with Crippen LogP contribution in [-0.4, -0.2) is 40.9 Å². The SMILES string of the molecule is CCn1ccnc1NN1CCOCC1. The highest BCUT2D eigenvalue weighted by Crippen LogP contribution is 2.06. The van der Waals surface area contributed by atoms with E-state index in [1.54, 1.807) is 0 Å². The number of anilines is 1. The molecule has 0 spiro atoms. The minimum atomic E-state index is 0.792. The molecule has 1 aliphatic heterocycles. The molecule has 14 heavy (non-hydrogen) atoms. The molecule has 78 valence electrons. The average Bonchev–Trinajstić information content (AvgIpc) is 2.67. The van der Waals surface area contributed by atoms with Crippen molar-refractivity contribution in [2.75, 3.05) is 31.7 Å². The number of aryl methyl sites for hydroxylation is 1. The van der Waals surface area contributed by atoms with Gasteiger partial charge in [-0.25, -0.2) is 9.99 Å². The van der Waals surface area contributed by atoms with Gasteiger partial charge in [-0.3, -0.25) is 5.43 Å². The summed E-state index contributed by atoms with van der Waals surface area (Å²) < 4.78 is 7.35. The summed E-state index contributed by atoms with van der Waals surface area (Å²) >= 11 is 0. The van der Waals surface area contributed by atoms with Gasteiger partial charge in [0, 0.05) is 32.0 Å². The molecule has 0 aliphatic carbocycles. The maximum atomic E-state index is 5.27. The number of hydrazine groups is 1. The van der Waals surface area contributed by atoms with Crippen LogP contribution in [0, 0.1) is 0 Å². The summed E-state index contributed by atoms with van der Waals surface area (Å²) in [5.41, 5.74) is 3.29. The van der Waals surface area contributed by atoms with E-state index in [4.69, 9.17) is 4.74 Å². The molecule has 0 bridgehead atoms. The maximum absolute atomic E-state index is 5.27. The van der Waals surface area contributed by atoms with Gasteiger partial charge < -0.3 is 9.30 Å². The van der Waals surface area contributed by atoms with Crippen LogP contribution in [0.4, 0.5) is 5.95 Å². The van der Waals surface area contributed by atoms with Crippen molar-refractivity contribution < 1.29 is 4.74 Å². The van der Waals surface area contributed by atoms with Gasteiger partial charge in [0.2, 0.25) is 5.95 Å². The van der Waals surface area contributed by atoms with Gasteiger partial charge in [-0.2, -0.15) is 0 Å². The number of ether oxygens (including phenoxy) is 1. The van der Waals surface area contributed by atoms with Crippen LogP contribution in [0.5, 0.6) is 0 Å². The molecule has 1 N–H and O–H groups in total. The largest absolute Gasteiger partial charge is 0.379 e. The van der Waals surface area contributed by atoms with E-state index in [0.717, 1.165) is 38.8 Å². The highest BCUT2D eigenvalue weighted by Gasteiger charge is 2.11. The Labute approximate surface area is 83.6 Å². The molecule has 0 aromatic carbocycles. The molecule has 0 radical (unpaired) electrons. The second-order valence-corrected chi connectivity index (χ2v) is 3.25. The van der Waals surface area contributed by atoms with E-state index in [9.17, 15) is 0 Å². The lowest BCUT2D eigenvalue weighted by molar-refractivity contribution is 0.0491. The van der Waals surface area contributed by atoms with Gasteiger partial charge in [0.05, 0.1) is 13.2 Å². The molecule has 1 aromatic heterocycles. The zero-order valence-corrected chi connectivity index (χ0v) is 8.44. The van der Waals surface area contributed by atoms with Crippen LogP contribution in [0.2, 0.25) is 0 Å². The van der Waals surface area contributed by atoms with Gasteiger partial charge in [-0.05, 0) is 6.92 Å². The van der Waals surface area contributed by atoms with E-state index in [1.165, 1.54) is 0 Å². The molecule has 1 aliphatic rings. The lowest BCUT2D eigenvalue weighted by atomic mass is 10.5. The summed E-state index contributed by atoms with van der Waals surface area (Å²) in [5, 5.41) is 2.14. The van der Waals surface area contributed by atoms with Crippen molar-refractivity contribution in [3.05, 3.63) is 12.4 Å². The van der Waals surface area contributed by atoms with Crippen LogP contribution in [0.3, 0.4) is 0 Å². The summed E-state index contributed by atoms with van der Waals surface area (Å²) in [7, 11) is 0. The van der Waals surface area contributed by atoms with Gasteiger partial charge >= 0.3 is 0 Å². The fourth-order valence-corrected chi connectivity index (χ4v) is 1.49. The third-order valence-electron chi connectivity index (χ3n) is 2.33. The summed E-state index contributed by atoms with van der Waals surface area (Å²) in [6, 6.07) is 0. The smallest absolute Gasteiger partial charge is 0.217 e. The first-order valence-electron chi connectivity index (χ1n) is 5.00. The van der Waals surface area contributed by atoms with E-state index in [-0.39, 0.29) is 0 Å². The Morgan fingerprint density at radius 2 is 2.29 bits per heavy atom. The number of hydrogen-bond donors (Lipinski definition) is 1. The normalized spacial score (nSPS) is 18.4. The summed E-state index contributed by atoms with van der Waals surface area (Å²) in [6.07, 6.45) is 3.79. The number of imidazole rings is 1. The predicted octanol–water partition coefficient (Wildman–Crippen LogP) is 0.562. The van der Waals surface area contributed by atoms with E-state index >= 15 is 0 Å². The highest BCUT2D eigenvalue weighted by atomic mass is 16.5. The quantitative estimate of drug-likeness (QED) is 0.767. The molecule has 5 heteroatoms. The van der Waals surface area contributed by atoms with Crippen molar-refractivity contribution in [3.63, 3.8) is 0 Å². The number of hydrogen-bond acceptors (Lipinski definition) is 4. The van der Waals surface area contributed by atoms with Gasteiger partial charge in [0.1, 0.15) is 0 Å². The van der Waals surface area contributed by atoms with Gasteiger partial charge in [0.15, 0.2) is 0 Å². The van der Waals surface area contributed by atoms with Crippen molar-refractivity contribution in [2.24, 2.45) is 0 Å². The average molecular weight is 196 g/mol. The van der Waals surface area contributed by atoms with Gasteiger partial charge in [0.25, 0.3) is 0 Å². The van der Waals surface area contributed by atoms with Crippen LogP contribution < -0.4 is 5.43 Å². The molecule has 1 fully saturated rings. The Morgan fingerprint density at radius 1 is 1.50 bits per heavy atom. The monoisotopic (exact) mass is 196 g/mol. The van der Waals surface area contributed by atoms with Crippen molar-refractivity contribution in [3.8, 4) is 0 Å². The first kappa shape index (κ1) is 9.48. The summed E-state index contributed by atoms with van der Waals surface area (Å²) in [6.45, 7) is 6.45. The molecule has 0 saturated carbocycles. The molecule has 1 saturated heterocycles. The Morgan fingerprint density at radius 3 is 3.00 bits per heavy atom. The Hall–Kier alpha value is -1.07. The fraction of sp³-hybridized carbons (Fsp3) is 0.667. The van der Waals surface area contributed by atoms with Crippen LogP contribution in [0.1, 0.15) is 6.92 Å². The lowest BCUT2D eigenvalue weighted by Crippen LogP contribution is -2.40. The number of morpholine rings is 1. The Balaban J connectivity index is 1.95. The first-order valence-corrected chi connectivity index (χ1v) is 5.00. The molecule has 1 aromatic rings. The zero-order valence-electron chi connectivity index (χ0n) is 8.44. The second kappa shape index (κ2) is 4.43. The minimum absolute atomic E-state index is 0.792. The first-order chi connectivity index (χ1) is 6.90. The van der Waals surface area contributed by atoms with Crippen molar-refractivity contribution in [1.82, 2.24) is 14.6 Å². The van der Waals surface area contributed by atoms with Crippen molar-refractivity contribution >= 4 is 5.95 Å². The third kappa shape index (κ3) is 2.05. The van der Waals surface area contributed by atoms with Crippen LogP contribution in [-0.2, 0) is 11.3 Å². The molecule has 0 atom stereocenters. The van der Waals surface area contributed by atoms with Gasteiger partial charge in [-0.15, -0.1) is 0 Å². The topological polar surface area (TPSA) is 42.3 Å². The number of rotatable bonds is 3. The standard InChI is InChI=1S/C9H16N4O/c1-2-12-4-3-10-9(12)11-13-5-7-14-8-6-13/h3-4H,2,5-8H2,1H3,(H,10,11). The van der Waals surface area contributed by atoms with E-state index < -0.39 is 0 Å². The molecule has 5 nitrogen and oxygen atoms in total. The fourth-order valence-electron chi connectivity index (χ4n) is 1.49. The summed E-state index contributed by atoms with van der Waals surface area (Å²) in [4.78, 5) is 4.25. The lowest BCUT2D eigenvalue weighted by Gasteiger charge is -2.27. The molecular weight excluding hydrogens is 180 g/mol. The van der Waals surface area contributed by atoms with Crippen LogP contribution in [0.25, 0.3) is 0 Å². The molecule has 2 rings (SSSR count). The number of aromatic nitrogens is 2. The van der Waals surface area contributed by atoms with Crippen LogP contribution in [0.15, 0.2) is 12.4 Å². The van der Waals surface area contributed by atoms with E-state index in [2.05, 4.69) is 26.9 Å². The van der Waals surface area contributed by atoms with Gasteiger partial charge in [-0.1, -0.05) is 0 Å². The van der Waals surface area contributed by atoms with Crippen molar-refractivity contribution in [1.29, 1.82) is 0 Å². The Bertz CT molecular complexity index is 280. The van der Waals surface area contributed by atoms with E-state index in [1.807, 2.05) is 12.4 Å². The van der Waals surface area contributed by atoms with E-state index in [0.29, 0.717) is 0 Å². The zero-order chi connectivity index (χ0) is 9.80. The highest BCUT2D eigenvalue weighted by molar-refractivity contribution is 5.24. The molecule has 0 amide bonds. The number of nitrogens with zero attached hydrogens (tertiary/aromatic N) is 3. The maximum Gasteiger partial charge on any atom is 0.217 e. The third-order valence-corrected chi connectivity index (χ3v) is 2.33. The van der Waals surface area contributed by atoms with Crippen LogP contribution >= 0.6 is 0 Å². The summed E-state index contributed by atoms with van der Waals surface area (Å²) in [5.74, 6) is 0.911. The molecular formula is C9H16N4O. The number of nitrogens with one attached hydrogen (secondary N) is 1. The molecule has 2 heterocycles. The Kier molecular flexibility index (Phi) is 3.00. The predicted molar refractivity (Wildman–Crippen MR) is 53.9 cm³/mol. The molecule has 0 unspecified atom stereocenters.